The number of carbonyl (C=O) groups excluding carboxylic acids is 1. The van der Waals surface area contributed by atoms with Gasteiger partial charge in [-0.25, -0.2) is 13.8 Å². The minimum atomic E-state index is -1.06. The summed E-state index contributed by atoms with van der Waals surface area (Å²) >= 11 is 0. The molecule has 0 radical (unpaired) electrons. The van der Waals surface area contributed by atoms with Crippen molar-refractivity contribution in [2.24, 2.45) is 0 Å². The number of hydrogen-bond donors (Lipinski definition) is 3. The number of hydrogen-bond acceptors (Lipinski definition) is 4. The Labute approximate surface area is 149 Å². The highest BCUT2D eigenvalue weighted by Gasteiger charge is 2.43. The first-order valence-corrected chi connectivity index (χ1v) is 7.61. The molecule has 1 aliphatic rings. The van der Waals surface area contributed by atoms with E-state index in [-0.39, 0.29) is 19.0 Å². The molecule has 1 fully saturated rings. The first kappa shape index (κ1) is 19.2. The fourth-order valence-corrected chi connectivity index (χ4v) is 3.00. The topological polar surface area (TPSA) is 74.2 Å². The molecule has 1 aromatic heterocycles. The van der Waals surface area contributed by atoms with Gasteiger partial charge in [-0.3, -0.25) is 4.79 Å². The highest BCUT2D eigenvalue weighted by molar-refractivity contribution is 5.93. The number of aliphatic hydroxyl groups is 1. The summed E-state index contributed by atoms with van der Waals surface area (Å²) in [5, 5.41) is 16.3. The van der Waals surface area contributed by atoms with Crippen molar-refractivity contribution >= 4 is 18.3 Å². The molecule has 0 spiro atoms. The van der Waals surface area contributed by atoms with Gasteiger partial charge in [-0.2, -0.15) is 0 Å². The van der Waals surface area contributed by atoms with E-state index in [2.05, 4.69) is 15.6 Å². The smallest absolute Gasteiger partial charge is 0.273 e. The van der Waals surface area contributed by atoms with Crippen LogP contribution in [-0.2, 0) is 5.54 Å². The van der Waals surface area contributed by atoms with Crippen molar-refractivity contribution < 1.29 is 18.7 Å². The van der Waals surface area contributed by atoms with E-state index in [1.165, 1.54) is 0 Å². The maximum absolute atomic E-state index is 13.8. The molecule has 1 saturated heterocycles. The average Bonchev–Trinajstić information content (AvgIpc) is 2.57. The number of pyridine rings is 1. The number of aliphatic hydroxyl groups excluding tert-OH is 1. The summed E-state index contributed by atoms with van der Waals surface area (Å²) in [4.78, 5) is 16.0. The molecule has 3 N–H and O–H groups in total. The van der Waals surface area contributed by atoms with E-state index >= 15 is 0 Å². The van der Waals surface area contributed by atoms with Crippen LogP contribution in [0.4, 0.5) is 8.78 Å². The lowest BCUT2D eigenvalue weighted by atomic mass is 9.79. The van der Waals surface area contributed by atoms with Crippen LogP contribution in [0.1, 0.15) is 22.5 Å². The van der Waals surface area contributed by atoms with Crippen LogP contribution in [0, 0.1) is 11.6 Å². The summed E-state index contributed by atoms with van der Waals surface area (Å²) in [6.45, 7) is 0.861. The Bertz CT molecular complexity index is 748. The number of piperidine rings is 1. The van der Waals surface area contributed by atoms with Crippen LogP contribution in [-0.4, -0.2) is 35.2 Å². The number of nitrogens with one attached hydrogen (secondary N) is 2. The standard InChI is InChI=1S/C17H17F2N3O2.ClH/c18-12-8-13(19)15(21-9-12)16(24)22-17(6-7-20-10-14(17)23)11-4-2-1-3-5-11;/h1-5,8-9,14,20,23H,6-7,10H2,(H,22,24);1H/t14-,17-;/m1./s1. The van der Waals surface area contributed by atoms with Crippen molar-refractivity contribution in [2.75, 3.05) is 13.1 Å². The van der Waals surface area contributed by atoms with E-state index in [9.17, 15) is 18.7 Å². The average molecular weight is 370 g/mol. The second kappa shape index (κ2) is 7.86. The molecule has 0 bridgehead atoms. The van der Waals surface area contributed by atoms with Crippen molar-refractivity contribution in [2.45, 2.75) is 18.1 Å². The second-order valence-corrected chi connectivity index (χ2v) is 5.75. The number of nitrogens with zero attached hydrogens (tertiary/aromatic N) is 1. The van der Waals surface area contributed by atoms with Crippen molar-refractivity contribution in [3.8, 4) is 0 Å². The SMILES string of the molecule is Cl.O=C(N[C@@]1(c2ccccc2)CCNC[C@H]1O)c1ncc(F)cc1F. The molecule has 3 rings (SSSR count). The fraction of sp³-hybridized carbons (Fsp3) is 0.294. The third-order valence-corrected chi connectivity index (χ3v) is 4.25. The zero-order chi connectivity index (χ0) is 17.2. The summed E-state index contributed by atoms with van der Waals surface area (Å²) in [6, 6.07) is 9.62. The Morgan fingerprint density at radius 1 is 1.32 bits per heavy atom. The molecule has 0 aliphatic carbocycles. The van der Waals surface area contributed by atoms with Gasteiger partial charge in [0.1, 0.15) is 5.82 Å². The normalized spacial score (nSPS) is 22.8. The third kappa shape index (κ3) is 3.78. The Hall–Kier alpha value is -2.09. The Morgan fingerprint density at radius 3 is 2.68 bits per heavy atom. The molecular formula is C17H18ClF2N3O2. The van der Waals surface area contributed by atoms with Gasteiger partial charge in [0, 0.05) is 12.6 Å². The summed E-state index contributed by atoms with van der Waals surface area (Å²) in [5.74, 6) is -2.69. The number of β-amino-alcohol motifs (C(OH)–C–C–N with tert-alkyl or cyclic N) is 1. The van der Waals surface area contributed by atoms with Crippen LogP contribution >= 0.6 is 12.4 Å². The molecule has 0 unspecified atom stereocenters. The number of carbonyl (C=O) groups is 1. The number of amides is 1. The summed E-state index contributed by atoms with van der Waals surface area (Å²) in [6.07, 6.45) is 0.305. The van der Waals surface area contributed by atoms with Gasteiger partial charge in [-0.15, -0.1) is 12.4 Å². The molecule has 1 amide bonds. The van der Waals surface area contributed by atoms with E-state index in [0.717, 1.165) is 11.8 Å². The molecule has 1 aliphatic heterocycles. The van der Waals surface area contributed by atoms with Gasteiger partial charge >= 0.3 is 0 Å². The molecular weight excluding hydrogens is 352 g/mol. The van der Waals surface area contributed by atoms with Crippen LogP contribution in [0.15, 0.2) is 42.6 Å². The van der Waals surface area contributed by atoms with E-state index in [4.69, 9.17) is 0 Å². The zero-order valence-electron chi connectivity index (χ0n) is 13.2. The fourth-order valence-electron chi connectivity index (χ4n) is 3.00. The predicted molar refractivity (Wildman–Crippen MR) is 90.5 cm³/mol. The van der Waals surface area contributed by atoms with E-state index < -0.39 is 34.9 Å². The highest BCUT2D eigenvalue weighted by Crippen LogP contribution is 2.31. The Morgan fingerprint density at radius 2 is 2.04 bits per heavy atom. The van der Waals surface area contributed by atoms with Crippen LogP contribution < -0.4 is 10.6 Å². The van der Waals surface area contributed by atoms with E-state index in [1.807, 2.05) is 6.07 Å². The molecule has 2 atom stereocenters. The van der Waals surface area contributed by atoms with Crippen LogP contribution in [0.2, 0.25) is 0 Å². The first-order chi connectivity index (χ1) is 11.5. The van der Waals surface area contributed by atoms with Crippen molar-refractivity contribution in [3.63, 3.8) is 0 Å². The summed E-state index contributed by atoms with van der Waals surface area (Å²) in [7, 11) is 0. The zero-order valence-corrected chi connectivity index (χ0v) is 14.0. The lowest BCUT2D eigenvalue weighted by Gasteiger charge is -2.42. The lowest BCUT2D eigenvalue weighted by molar-refractivity contribution is 0.0286. The highest BCUT2D eigenvalue weighted by atomic mass is 35.5. The molecule has 134 valence electrons. The number of benzene rings is 1. The van der Waals surface area contributed by atoms with Gasteiger partial charge < -0.3 is 15.7 Å². The van der Waals surface area contributed by atoms with Crippen molar-refractivity contribution in [1.82, 2.24) is 15.6 Å². The van der Waals surface area contributed by atoms with Gasteiger partial charge in [-0.05, 0) is 18.5 Å². The Balaban J connectivity index is 0.00000225. The molecule has 8 heteroatoms. The molecule has 0 saturated carbocycles. The van der Waals surface area contributed by atoms with Crippen molar-refractivity contribution in [3.05, 3.63) is 65.5 Å². The van der Waals surface area contributed by atoms with Crippen LogP contribution in [0.25, 0.3) is 0 Å². The predicted octanol–water partition coefficient (Wildman–Crippen LogP) is 1.76. The largest absolute Gasteiger partial charge is 0.389 e. The third-order valence-electron chi connectivity index (χ3n) is 4.25. The van der Waals surface area contributed by atoms with Crippen LogP contribution in [0.3, 0.4) is 0 Å². The number of rotatable bonds is 3. The molecule has 2 heterocycles. The van der Waals surface area contributed by atoms with Gasteiger partial charge in [0.2, 0.25) is 0 Å². The monoisotopic (exact) mass is 369 g/mol. The van der Waals surface area contributed by atoms with E-state index in [0.29, 0.717) is 19.0 Å². The summed E-state index contributed by atoms with van der Waals surface area (Å²) in [5.41, 5.74) is -0.848. The van der Waals surface area contributed by atoms with Crippen LogP contribution in [0.5, 0.6) is 0 Å². The lowest BCUT2D eigenvalue weighted by Crippen LogP contribution is -2.61. The molecule has 25 heavy (non-hydrogen) atoms. The maximum atomic E-state index is 13.8. The molecule has 5 nitrogen and oxygen atoms in total. The quantitative estimate of drug-likeness (QED) is 0.770. The van der Waals surface area contributed by atoms with Gasteiger partial charge in [0.25, 0.3) is 5.91 Å². The minimum absolute atomic E-state index is 0. The van der Waals surface area contributed by atoms with Gasteiger partial charge in [0.15, 0.2) is 11.5 Å². The van der Waals surface area contributed by atoms with E-state index in [1.54, 1.807) is 24.3 Å². The first-order valence-electron chi connectivity index (χ1n) is 7.61. The Kier molecular flexibility index (Phi) is 6.05. The van der Waals surface area contributed by atoms with Gasteiger partial charge in [-0.1, -0.05) is 30.3 Å². The molecule has 1 aromatic carbocycles. The summed E-state index contributed by atoms with van der Waals surface area (Å²) < 4.78 is 26.8. The number of aromatic nitrogens is 1. The number of halogens is 3. The van der Waals surface area contributed by atoms with Gasteiger partial charge in [0.05, 0.1) is 17.8 Å². The maximum Gasteiger partial charge on any atom is 0.273 e. The second-order valence-electron chi connectivity index (χ2n) is 5.75. The molecule has 2 aromatic rings. The van der Waals surface area contributed by atoms with Crippen molar-refractivity contribution in [1.29, 1.82) is 0 Å². The minimum Gasteiger partial charge on any atom is -0.389 e.